The molecule has 2 N–H and O–H groups in total. The lowest BCUT2D eigenvalue weighted by Gasteiger charge is -2.28. The number of nitrogens with zero attached hydrogens (tertiary/aromatic N) is 3. The van der Waals surface area contributed by atoms with E-state index in [1.807, 2.05) is 109 Å². The van der Waals surface area contributed by atoms with Crippen LogP contribution in [0.15, 0.2) is 132 Å². The van der Waals surface area contributed by atoms with Crippen molar-refractivity contribution < 1.29 is 13.2 Å². The van der Waals surface area contributed by atoms with Gasteiger partial charge in [0.15, 0.2) is 0 Å². The van der Waals surface area contributed by atoms with Gasteiger partial charge in [0.2, 0.25) is 10.0 Å². The zero-order valence-corrected chi connectivity index (χ0v) is 21.9. The number of primary sulfonamides is 1. The summed E-state index contributed by atoms with van der Waals surface area (Å²) in [5.41, 5.74) is 4.45. The van der Waals surface area contributed by atoms with Crippen molar-refractivity contribution in [1.29, 1.82) is 0 Å². The van der Waals surface area contributed by atoms with Crippen molar-refractivity contribution in [3.8, 4) is 11.3 Å². The highest BCUT2D eigenvalue weighted by Gasteiger charge is 2.28. The van der Waals surface area contributed by atoms with Gasteiger partial charge >= 0.3 is 0 Å². The van der Waals surface area contributed by atoms with Crippen molar-refractivity contribution in [2.75, 3.05) is 6.61 Å². The van der Waals surface area contributed by atoms with Crippen LogP contribution in [0.1, 0.15) is 28.8 Å². The highest BCUT2D eigenvalue weighted by molar-refractivity contribution is 7.89. The zero-order valence-electron chi connectivity index (χ0n) is 21.1. The Balaban J connectivity index is 1.49. The molecule has 0 saturated carbocycles. The molecule has 2 atom stereocenters. The number of sulfonamides is 1. The summed E-state index contributed by atoms with van der Waals surface area (Å²) in [6.07, 6.45) is 5.53. The third-order valence-electron chi connectivity index (χ3n) is 6.31. The molecular weight excluding hydrogens is 508 g/mol. The van der Waals surface area contributed by atoms with Gasteiger partial charge in [0.05, 0.1) is 17.7 Å². The molecule has 8 heteroatoms. The van der Waals surface area contributed by atoms with E-state index in [4.69, 9.17) is 9.88 Å². The van der Waals surface area contributed by atoms with Crippen LogP contribution in [0.2, 0.25) is 0 Å². The second-order valence-corrected chi connectivity index (χ2v) is 10.5. The summed E-state index contributed by atoms with van der Waals surface area (Å²) in [5, 5.41) is 14.1. The normalized spacial score (nSPS) is 13.4. The molecule has 7 nitrogen and oxygen atoms in total. The molecular formula is C31H28N4O3S. The number of rotatable bonds is 10. The van der Waals surface area contributed by atoms with Gasteiger partial charge in [-0.25, -0.2) is 18.2 Å². The van der Waals surface area contributed by atoms with Crippen LogP contribution in [0, 0.1) is 0 Å². The predicted octanol–water partition coefficient (Wildman–Crippen LogP) is 5.65. The van der Waals surface area contributed by atoms with E-state index >= 15 is 0 Å². The van der Waals surface area contributed by atoms with Crippen LogP contribution < -0.4 is 5.14 Å². The molecule has 5 aromatic rings. The number of hydrogen-bond donors (Lipinski definition) is 1. The average Bonchev–Trinajstić information content (AvgIpc) is 3.45. The molecule has 0 radical (unpaired) electrons. The van der Waals surface area contributed by atoms with Gasteiger partial charge in [0.25, 0.3) is 0 Å². The summed E-state index contributed by atoms with van der Waals surface area (Å²) in [4.78, 5) is 0.0434. The smallest absolute Gasteiger partial charge is 0.238 e. The van der Waals surface area contributed by atoms with Gasteiger partial charge in [0, 0.05) is 5.56 Å². The number of aromatic nitrogens is 3. The Morgan fingerprint density at radius 3 is 2.00 bits per heavy atom. The van der Waals surface area contributed by atoms with E-state index < -0.39 is 10.0 Å². The van der Waals surface area contributed by atoms with E-state index in [9.17, 15) is 8.42 Å². The maximum Gasteiger partial charge on any atom is 0.238 e. The number of ether oxygens (including phenoxy) is 1. The topological polar surface area (TPSA) is 100 Å². The van der Waals surface area contributed by atoms with Gasteiger partial charge in [-0.1, -0.05) is 120 Å². The van der Waals surface area contributed by atoms with E-state index in [0.29, 0.717) is 12.3 Å². The summed E-state index contributed by atoms with van der Waals surface area (Å²) in [5.74, 6) is 0. The SMILES string of the molecule is NS(=O)(=O)c1ccc(-c2cn([C@@H](c3ccccc3)[C@H](OC/C=C/c3ccccc3)c3ccccc3)nn2)cc1. The van der Waals surface area contributed by atoms with E-state index in [0.717, 1.165) is 22.3 Å². The third-order valence-corrected chi connectivity index (χ3v) is 7.24. The minimum Gasteiger partial charge on any atom is -0.367 e. The quantitative estimate of drug-likeness (QED) is 0.249. The Hall–Kier alpha value is -4.37. The van der Waals surface area contributed by atoms with Crippen molar-refractivity contribution in [2.45, 2.75) is 17.0 Å². The lowest BCUT2D eigenvalue weighted by molar-refractivity contribution is 0.0403. The van der Waals surface area contributed by atoms with Crippen LogP contribution in [-0.4, -0.2) is 30.0 Å². The van der Waals surface area contributed by atoms with Crippen molar-refractivity contribution in [3.05, 3.63) is 144 Å². The van der Waals surface area contributed by atoms with Crippen LogP contribution in [0.3, 0.4) is 0 Å². The fourth-order valence-electron chi connectivity index (χ4n) is 4.40. The summed E-state index contributed by atoms with van der Waals surface area (Å²) in [7, 11) is -3.78. The Labute approximate surface area is 228 Å². The minimum atomic E-state index is -3.78. The maximum absolute atomic E-state index is 11.7. The molecule has 4 aromatic carbocycles. The molecule has 39 heavy (non-hydrogen) atoms. The van der Waals surface area contributed by atoms with Gasteiger partial charge < -0.3 is 4.74 Å². The Morgan fingerprint density at radius 1 is 0.795 bits per heavy atom. The van der Waals surface area contributed by atoms with E-state index in [1.54, 1.807) is 16.8 Å². The first kappa shape index (κ1) is 26.2. The monoisotopic (exact) mass is 536 g/mol. The Morgan fingerprint density at radius 2 is 1.38 bits per heavy atom. The first-order valence-corrected chi connectivity index (χ1v) is 14.0. The largest absolute Gasteiger partial charge is 0.367 e. The average molecular weight is 537 g/mol. The van der Waals surface area contributed by atoms with Crippen molar-refractivity contribution in [3.63, 3.8) is 0 Å². The van der Waals surface area contributed by atoms with Gasteiger partial charge in [-0.2, -0.15) is 0 Å². The first-order valence-electron chi connectivity index (χ1n) is 12.5. The van der Waals surface area contributed by atoms with Crippen molar-refractivity contribution in [1.82, 2.24) is 15.0 Å². The molecule has 0 bridgehead atoms. The molecule has 0 fully saturated rings. The minimum absolute atomic E-state index is 0.0434. The van der Waals surface area contributed by atoms with E-state index in [2.05, 4.69) is 10.3 Å². The molecule has 1 aromatic heterocycles. The van der Waals surface area contributed by atoms with E-state index in [1.165, 1.54) is 12.1 Å². The molecule has 196 valence electrons. The summed E-state index contributed by atoms with van der Waals surface area (Å²) >= 11 is 0. The molecule has 5 rings (SSSR count). The molecule has 0 amide bonds. The lowest BCUT2D eigenvalue weighted by Crippen LogP contribution is -2.22. The van der Waals surface area contributed by atoms with Gasteiger partial charge in [-0.3, -0.25) is 0 Å². The molecule has 0 aliphatic carbocycles. The van der Waals surface area contributed by atoms with Crippen LogP contribution in [0.25, 0.3) is 17.3 Å². The Bertz CT molecular complexity index is 1620. The molecule has 1 heterocycles. The Kier molecular flexibility index (Phi) is 8.07. The van der Waals surface area contributed by atoms with Crippen LogP contribution in [0.5, 0.6) is 0 Å². The lowest BCUT2D eigenvalue weighted by atomic mass is 9.95. The fraction of sp³-hybridized carbons (Fsp3) is 0.0968. The molecule has 0 aliphatic rings. The van der Waals surface area contributed by atoms with Crippen LogP contribution >= 0.6 is 0 Å². The van der Waals surface area contributed by atoms with Crippen LogP contribution in [0.4, 0.5) is 0 Å². The molecule has 0 spiro atoms. The highest BCUT2D eigenvalue weighted by Crippen LogP contribution is 2.36. The zero-order chi connectivity index (χ0) is 27.1. The van der Waals surface area contributed by atoms with Crippen LogP contribution in [-0.2, 0) is 14.8 Å². The highest BCUT2D eigenvalue weighted by atomic mass is 32.2. The molecule has 0 aliphatic heterocycles. The number of nitrogens with two attached hydrogens (primary N) is 1. The molecule has 0 saturated heterocycles. The number of benzene rings is 4. The van der Waals surface area contributed by atoms with Gasteiger partial charge in [-0.05, 0) is 28.8 Å². The number of hydrogen-bond acceptors (Lipinski definition) is 5. The molecule has 0 unspecified atom stereocenters. The summed E-state index contributed by atoms with van der Waals surface area (Å²) < 4.78 is 31.6. The maximum atomic E-state index is 11.7. The third kappa shape index (κ3) is 6.56. The second-order valence-electron chi connectivity index (χ2n) is 8.99. The second kappa shape index (κ2) is 12.0. The summed E-state index contributed by atoms with van der Waals surface area (Å²) in [6, 6.07) is 36.2. The van der Waals surface area contributed by atoms with E-state index in [-0.39, 0.29) is 17.0 Å². The fourth-order valence-corrected chi connectivity index (χ4v) is 4.91. The first-order chi connectivity index (χ1) is 19.0. The summed E-state index contributed by atoms with van der Waals surface area (Å²) in [6.45, 7) is 0.397. The van der Waals surface area contributed by atoms with Crippen molar-refractivity contribution in [2.24, 2.45) is 5.14 Å². The standard InChI is InChI=1S/C31H28N4O3S/c32-39(36,37)28-20-18-25(19-21-28)29-23-35(34-33-29)30(26-14-6-2-7-15-26)31(27-16-8-3-9-17-27)38-22-10-13-24-11-4-1-5-12-24/h1-21,23,30-31H,22H2,(H2,32,36,37)/b13-10+/t30-,31+/m0/s1. The van der Waals surface area contributed by atoms with Gasteiger partial charge in [0.1, 0.15) is 17.8 Å². The van der Waals surface area contributed by atoms with Crippen molar-refractivity contribution >= 4 is 16.1 Å². The predicted molar refractivity (Wildman–Crippen MR) is 152 cm³/mol. The van der Waals surface area contributed by atoms with Gasteiger partial charge in [-0.15, -0.1) is 5.10 Å².